The number of anilines is 1. The minimum absolute atomic E-state index is 0.0358. The average Bonchev–Trinajstić information content (AvgIpc) is 3.46. The number of amides is 2. The highest BCUT2D eigenvalue weighted by Gasteiger charge is 2.72. The Hall–Kier alpha value is -4.24. The summed E-state index contributed by atoms with van der Waals surface area (Å²) in [6.07, 6.45) is -1.08. The summed E-state index contributed by atoms with van der Waals surface area (Å²) in [5, 5.41) is 25.9. The molecular weight excluding hydrogens is 628 g/mol. The van der Waals surface area contributed by atoms with E-state index in [0.717, 1.165) is 12.1 Å². The van der Waals surface area contributed by atoms with Crippen LogP contribution in [0.5, 0.6) is 11.5 Å². The first-order chi connectivity index (χ1) is 21.2. The van der Waals surface area contributed by atoms with E-state index in [1.807, 2.05) is 0 Å². The van der Waals surface area contributed by atoms with Crippen molar-refractivity contribution in [2.24, 2.45) is 0 Å². The number of methoxy groups -OCH3 is 2. The largest absolute Gasteiger partial charge is 0.497 e. The number of hydrogen-bond donors (Lipinski definition) is 2. The minimum Gasteiger partial charge on any atom is -0.497 e. The van der Waals surface area contributed by atoms with Crippen molar-refractivity contribution in [3.05, 3.63) is 86.4 Å². The Morgan fingerprint density at radius 1 is 1.13 bits per heavy atom. The fourth-order valence-electron chi connectivity index (χ4n) is 6.84. The minimum atomic E-state index is -5.01. The highest BCUT2D eigenvalue weighted by molar-refractivity contribution is 7.93. The van der Waals surface area contributed by atoms with Crippen LogP contribution in [0.4, 0.5) is 11.4 Å². The number of aryl methyl sites for hydroxylation is 1. The molecule has 2 aliphatic rings. The van der Waals surface area contributed by atoms with Gasteiger partial charge in [0.1, 0.15) is 24.1 Å². The summed E-state index contributed by atoms with van der Waals surface area (Å²) >= 11 is 6.53. The normalized spacial score (nSPS) is 24.3. The van der Waals surface area contributed by atoms with Crippen molar-refractivity contribution < 1.29 is 42.0 Å². The maximum absolute atomic E-state index is 15.4. The number of carbonyl (C=O) groups excluding carboxylic acids is 2. The van der Waals surface area contributed by atoms with Gasteiger partial charge in [-0.25, -0.2) is 8.42 Å². The zero-order chi connectivity index (χ0) is 33.1. The molecule has 0 aromatic heterocycles. The van der Waals surface area contributed by atoms with Gasteiger partial charge in [-0.2, -0.15) is 4.31 Å². The number of aliphatic hydroxyl groups excluding tert-OH is 1. The Morgan fingerprint density at radius 2 is 1.84 bits per heavy atom. The number of quaternary nitrogens is 1. The van der Waals surface area contributed by atoms with Gasteiger partial charge >= 0.3 is 5.91 Å². The molecule has 1 fully saturated rings. The molecule has 5 rings (SSSR count). The molecule has 3 aromatic carbocycles. The number of likely N-dealkylation sites (N-methyl/N-ethyl adjacent to an activating group) is 2. The van der Waals surface area contributed by atoms with Crippen molar-refractivity contribution >= 4 is 44.8 Å². The second-order valence-electron chi connectivity index (χ2n) is 11.2. The number of benzene rings is 3. The molecule has 3 aromatic rings. The number of nitrogens with zero attached hydrogens (tertiary/aromatic N) is 3. The average molecular weight is 660 g/mol. The van der Waals surface area contributed by atoms with Crippen LogP contribution < -0.4 is 19.1 Å². The number of rotatable bonds is 8. The number of ether oxygens (including phenoxy) is 2. The Bertz CT molecular complexity index is 1850. The zero-order valence-electron chi connectivity index (χ0n) is 25.1. The molecule has 2 unspecified atom stereocenters. The molecule has 15 heteroatoms. The van der Waals surface area contributed by atoms with Crippen molar-refractivity contribution in [1.82, 2.24) is 5.32 Å². The van der Waals surface area contributed by atoms with Crippen molar-refractivity contribution in [1.29, 1.82) is 0 Å². The lowest BCUT2D eigenvalue weighted by atomic mass is 9.78. The third-order valence-corrected chi connectivity index (χ3v) is 10.8. The Balaban J connectivity index is 1.94. The van der Waals surface area contributed by atoms with Crippen LogP contribution in [0.3, 0.4) is 0 Å². The second-order valence-corrected chi connectivity index (χ2v) is 13.4. The van der Waals surface area contributed by atoms with Crippen molar-refractivity contribution in [2.75, 3.05) is 39.2 Å². The fraction of sp³-hybridized carbons (Fsp3) is 0.333. The van der Waals surface area contributed by atoms with Gasteiger partial charge in [0.15, 0.2) is 10.9 Å². The first-order valence-electron chi connectivity index (χ1n) is 13.8. The summed E-state index contributed by atoms with van der Waals surface area (Å²) < 4.78 is 40.0. The predicted molar refractivity (Wildman–Crippen MR) is 164 cm³/mol. The number of halogens is 1. The van der Waals surface area contributed by atoms with Gasteiger partial charge in [0.25, 0.3) is 21.6 Å². The molecule has 45 heavy (non-hydrogen) atoms. The molecule has 0 saturated carbocycles. The maximum atomic E-state index is 15.4. The number of carbonyl (C=O) groups is 2. The van der Waals surface area contributed by atoms with Crippen molar-refractivity contribution in [3.63, 3.8) is 0 Å². The van der Waals surface area contributed by atoms with E-state index in [0.29, 0.717) is 9.87 Å². The van der Waals surface area contributed by atoms with Crippen LogP contribution in [-0.4, -0.2) is 81.8 Å². The molecule has 13 nitrogen and oxygen atoms in total. The summed E-state index contributed by atoms with van der Waals surface area (Å²) in [5.74, 6) is -1.26. The smallest absolute Gasteiger partial charge is 0.312 e. The molecule has 0 spiro atoms. The molecule has 2 amide bonds. The summed E-state index contributed by atoms with van der Waals surface area (Å²) in [6.45, 7) is 1.64. The predicted octanol–water partition coefficient (Wildman–Crippen LogP) is 2.88. The van der Waals surface area contributed by atoms with E-state index < -0.39 is 59.5 Å². The van der Waals surface area contributed by atoms with Crippen LogP contribution in [0.15, 0.2) is 59.5 Å². The quantitative estimate of drug-likeness (QED) is 0.210. The number of likely N-dealkylation sites (tertiary alicyclic amines) is 1. The first kappa shape index (κ1) is 32.2. The number of nitrogens with one attached hydrogen (secondary N) is 1. The molecule has 4 atom stereocenters. The van der Waals surface area contributed by atoms with Crippen molar-refractivity contribution in [2.45, 2.75) is 35.9 Å². The van der Waals surface area contributed by atoms with Gasteiger partial charge in [0, 0.05) is 18.5 Å². The maximum Gasteiger partial charge on any atom is 0.312 e. The molecule has 2 N–H and O–H groups in total. The van der Waals surface area contributed by atoms with Crippen LogP contribution in [0, 0.1) is 17.0 Å². The summed E-state index contributed by atoms with van der Waals surface area (Å²) in [7, 11) is 0.695. The molecule has 0 radical (unpaired) electrons. The van der Waals surface area contributed by atoms with Gasteiger partial charge in [0.2, 0.25) is 5.54 Å². The summed E-state index contributed by atoms with van der Waals surface area (Å²) in [4.78, 5) is 39.3. The lowest BCUT2D eigenvalue weighted by Gasteiger charge is -2.48. The Morgan fingerprint density at radius 3 is 2.47 bits per heavy atom. The van der Waals surface area contributed by atoms with Gasteiger partial charge in [0.05, 0.1) is 49.1 Å². The highest BCUT2D eigenvalue weighted by Crippen LogP contribution is 2.58. The van der Waals surface area contributed by atoms with Crippen LogP contribution in [0.1, 0.15) is 23.1 Å². The number of nitro groups is 1. The first-order valence-corrected chi connectivity index (χ1v) is 15.6. The molecule has 1 saturated heterocycles. The number of aliphatic hydroxyl groups is 1. The van der Waals surface area contributed by atoms with E-state index >= 15 is 4.79 Å². The third kappa shape index (κ3) is 4.62. The Kier molecular flexibility index (Phi) is 8.06. The van der Waals surface area contributed by atoms with Crippen LogP contribution in [0.2, 0.25) is 5.02 Å². The van der Waals surface area contributed by atoms with Gasteiger partial charge in [-0.05, 0) is 49.4 Å². The van der Waals surface area contributed by atoms with E-state index in [2.05, 4.69) is 5.32 Å². The third-order valence-electron chi connectivity index (χ3n) is 8.78. The molecule has 2 heterocycles. The van der Waals surface area contributed by atoms with Crippen LogP contribution in [0.25, 0.3) is 0 Å². The SMILES string of the molecule is CNC(=O)[C@@H]1C[C@@H](O)C[N+]1(C)C1(c2cc(C)ccc2OC)C(=O)N(S(=O)(=O)c2ccc(OC)cc2[N+](=O)[O-])c2ccc(Cl)cc21. The monoisotopic (exact) mass is 659 g/mol. The van der Waals surface area contributed by atoms with Crippen LogP contribution in [-0.2, 0) is 25.2 Å². The number of hydrogen-bond acceptors (Lipinski definition) is 9. The van der Waals surface area contributed by atoms with Gasteiger partial charge in [-0.3, -0.25) is 24.2 Å². The van der Waals surface area contributed by atoms with E-state index in [1.165, 1.54) is 45.5 Å². The molecule has 0 bridgehead atoms. The zero-order valence-corrected chi connectivity index (χ0v) is 26.7. The Labute approximate surface area is 264 Å². The van der Waals surface area contributed by atoms with Crippen LogP contribution >= 0.6 is 11.6 Å². The second kappa shape index (κ2) is 11.3. The lowest BCUT2D eigenvalue weighted by molar-refractivity contribution is -0.953. The summed E-state index contributed by atoms with van der Waals surface area (Å²) in [6, 6.07) is 11.4. The van der Waals surface area contributed by atoms with E-state index in [1.54, 1.807) is 32.2 Å². The topological polar surface area (TPSA) is 165 Å². The van der Waals surface area contributed by atoms with E-state index in [4.69, 9.17) is 21.1 Å². The van der Waals surface area contributed by atoms with Gasteiger partial charge in [-0.15, -0.1) is 0 Å². The van der Waals surface area contributed by atoms with Crippen molar-refractivity contribution in [3.8, 4) is 11.5 Å². The standard InChI is InChI=1S/C30H31ClN4O9S/c1-17-6-10-26(44-5)22(12-17)30(35(3)16-19(36)14-25(35)28(37)32-2)21-13-18(31)7-9-23(21)33(29(30)38)45(41,42)27-11-8-20(43-4)15-24(27)34(39)40/h6-13,15,19,25,36H,14,16H2,1-5H3/p+1/t19-,25+,30?,35?/m1/s1. The van der Waals surface area contributed by atoms with Gasteiger partial charge in [-0.1, -0.05) is 23.2 Å². The molecular formula is C30H32ClN4O9S+. The fourth-order valence-corrected chi connectivity index (χ4v) is 8.61. The summed E-state index contributed by atoms with van der Waals surface area (Å²) in [5.41, 5.74) is -1.92. The number of sulfonamides is 1. The molecule has 0 aliphatic carbocycles. The number of nitro benzene ring substituents is 1. The van der Waals surface area contributed by atoms with E-state index in [-0.39, 0.29) is 46.3 Å². The lowest BCUT2D eigenvalue weighted by Crippen LogP contribution is -2.69. The van der Waals surface area contributed by atoms with Gasteiger partial charge < -0.3 is 19.9 Å². The number of fused-ring (bicyclic) bond motifs is 1. The molecule has 238 valence electrons. The van der Waals surface area contributed by atoms with E-state index in [9.17, 15) is 28.4 Å². The highest BCUT2D eigenvalue weighted by atomic mass is 35.5. The molecule has 2 aliphatic heterocycles.